The van der Waals surface area contributed by atoms with Crippen LogP contribution in [0.2, 0.25) is 0 Å². The van der Waals surface area contributed by atoms with Gasteiger partial charge in [0.1, 0.15) is 11.8 Å². The molecule has 0 rings (SSSR count). The Bertz CT molecular complexity index is 130. The summed E-state index contributed by atoms with van der Waals surface area (Å²) >= 11 is 9.72. The quantitative estimate of drug-likeness (QED) is 0.442. The van der Waals surface area contributed by atoms with Gasteiger partial charge in [0, 0.05) is 13.1 Å². The molecule has 0 aliphatic carbocycles. The van der Waals surface area contributed by atoms with Crippen molar-refractivity contribution in [2.45, 2.75) is 0 Å². The maximum absolute atomic E-state index is 9.46. The third-order valence-electron chi connectivity index (χ3n) is 0.430. The minimum atomic E-state index is -0.480. The van der Waals surface area contributed by atoms with E-state index in [1.54, 1.807) is 0 Å². The van der Waals surface area contributed by atoms with Crippen molar-refractivity contribution in [3.05, 3.63) is 0 Å². The fourth-order valence-electron chi connectivity index (χ4n) is 0. The number of nitrogens with two attached hydrogens (primary N) is 4. The minimum absolute atomic E-state index is 0.0833. The molecule has 0 saturated carbocycles. The smallest absolute Gasteiger partial charge is 0.232 e. The van der Waals surface area contributed by atoms with Gasteiger partial charge in [0.05, 0.1) is 0 Å². The van der Waals surface area contributed by atoms with Crippen LogP contribution in [0.5, 0.6) is 0 Å². The van der Waals surface area contributed by atoms with Crippen molar-refractivity contribution >= 4 is 35.0 Å². The van der Waals surface area contributed by atoms with Crippen molar-refractivity contribution in [2.75, 3.05) is 24.8 Å². The standard InChI is InChI=1S/2C2H4ClNO.C2H8N2/c2*3-1-2(4)5;3-1-2-4/h2*1H2,(H2,4,5);1-4H2. The first-order chi connectivity index (χ1) is 6.45. The summed E-state index contributed by atoms with van der Waals surface area (Å²) in [5.74, 6) is -1.13. The molecule has 0 unspecified atom stereocenters. The minimum Gasteiger partial charge on any atom is -0.369 e. The van der Waals surface area contributed by atoms with Crippen LogP contribution in [0.25, 0.3) is 0 Å². The summed E-state index contributed by atoms with van der Waals surface area (Å²) in [6, 6.07) is 0. The average Bonchev–Trinajstić information content (AvgIpc) is 2.19. The summed E-state index contributed by atoms with van der Waals surface area (Å²) in [5.41, 5.74) is 18.8. The maximum Gasteiger partial charge on any atom is 0.232 e. The van der Waals surface area contributed by atoms with E-state index in [4.69, 9.17) is 34.7 Å². The molecule has 0 aromatic heterocycles. The van der Waals surface area contributed by atoms with Gasteiger partial charge in [-0.05, 0) is 0 Å². The lowest BCUT2D eigenvalue weighted by Gasteiger charge is -1.72. The molecule has 86 valence electrons. The maximum atomic E-state index is 9.46. The highest BCUT2D eigenvalue weighted by atomic mass is 35.5. The Morgan fingerprint density at radius 1 is 0.857 bits per heavy atom. The fraction of sp³-hybridized carbons (Fsp3) is 0.667. The third kappa shape index (κ3) is 63.3. The molecule has 0 aromatic rings. The predicted octanol–water partition coefficient (Wildman–Crippen LogP) is -1.68. The number of primary amides is 2. The molecule has 0 radical (unpaired) electrons. The van der Waals surface area contributed by atoms with Crippen LogP contribution in [0.1, 0.15) is 0 Å². The zero-order chi connectivity index (χ0) is 12.0. The largest absolute Gasteiger partial charge is 0.369 e. The van der Waals surface area contributed by atoms with E-state index in [1.807, 2.05) is 0 Å². The summed E-state index contributed by atoms with van der Waals surface area (Å²) in [7, 11) is 0. The van der Waals surface area contributed by atoms with Crippen molar-refractivity contribution in [3.8, 4) is 0 Å². The molecule has 2 amide bonds. The van der Waals surface area contributed by atoms with Crippen LogP contribution < -0.4 is 22.9 Å². The van der Waals surface area contributed by atoms with Gasteiger partial charge in [0.2, 0.25) is 11.8 Å². The number of hydrogen-bond donors (Lipinski definition) is 4. The molecular formula is C6H16Cl2N4O2. The van der Waals surface area contributed by atoms with E-state index in [9.17, 15) is 9.59 Å². The van der Waals surface area contributed by atoms with E-state index >= 15 is 0 Å². The molecule has 8 heteroatoms. The molecule has 14 heavy (non-hydrogen) atoms. The Balaban J connectivity index is -0.000000131. The summed E-state index contributed by atoms with van der Waals surface area (Å²) in [6.45, 7) is 1.19. The van der Waals surface area contributed by atoms with Crippen LogP contribution in [0.15, 0.2) is 0 Å². The topological polar surface area (TPSA) is 138 Å². The molecule has 0 bridgehead atoms. The molecule has 0 aliphatic heterocycles. The number of hydrogen-bond acceptors (Lipinski definition) is 4. The lowest BCUT2D eigenvalue weighted by Crippen LogP contribution is -2.11. The van der Waals surface area contributed by atoms with Crippen LogP contribution in [0.3, 0.4) is 0 Å². The van der Waals surface area contributed by atoms with E-state index in [-0.39, 0.29) is 11.8 Å². The van der Waals surface area contributed by atoms with Crippen molar-refractivity contribution in [1.29, 1.82) is 0 Å². The van der Waals surface area contributed by atoms with Crippen molar-refractivity contribution in [1.82, 2.24) is 0 Å². The molecule has 0 heterocycles. The number of carbonyl (C=O) groups excluding carboxylic acids is 2. The highest BCUT2D eigenvalue weighted by molar-refractivity contribution is 6.27. The SMILES string of the molecule is NC(=O)CCl.NC(=O)CCl.NCCN. The summed E-state index contributed by atoms with van der Waals surface area (Å²) in [6.07, 6.45) is 0. The zero-order valence-electron chi connectivity index (χ0n) is 7.71. The van der Waals surface area contributed by atoms with E-state index in [0.717, 1.165) is 0 Å². The molecule has 0 aliphatic rings. The predicted molar refractivity (Wildman–Crippen MR) is 57.9 cm³/mol. The van der Waals surface area contributed by atoms with Crippen molar-refractivity contribution in [3.63, 3.8) is 0 Å². The molecule has 0 atom stereocenters. The van der Waals surface area contributed by atoms with Gasteiger partial charge in [-0.3, -0.25) is 9.59 Å². The first kappa shape index (κ1) is 19.1. The molecule has 6 nitrogen and oxygen atoms in total. The highest BCUT2D eigenvalue weighted by Crippen LogP contribution is 1.65. The Morgan fingerprint density at radius 2 is 1.00 bits per heavy atom. The first-order valence-electron chi connectivity index (χ1n) is 3.54. The Morgan fingerprint density at radius 3 is 1.00 bits per heavy atom. The second-order valence-corrected chi connectivity index (χ2v) is 2.31. The van der Waals surface area contributed by atoms with Crippen LogP contribution in [0, 0.1) is 0 Å². The van der Waals surface area contributed by atoms with Crippen LogP contribution in [-0.4, -0.2) is 36.7 Å². The number of alkyl halides is 2. The van der Waals surface area contributed by atoms with Gasteiger partial charge in [-0.2, -0.15) is 0 Å². The normalized spacial score (nSPS) is 7.43. The highest BCUT2D eigenvalue weighted by Gasteiger charge is 1.80. The van der Waals surface area contributed by atoms with Gasteiger partial charge in [0.15, 0.2) is 0 Å². The van der Waals surface area contributed by atoms with E-state index in [0.29, 0.717) is 13.1 Å². The van der Waals surface area contributed by atoms with Gasteiger partial charge < -0.3 is 22.9 Å². The van der Waals surface area contributed by atoms with Crippen LogP contribution in [0.4, 0.5) is 0 Å². The summed E-state index contributed by atoms with van der Waals surface area (Å²) < 4.78 is 0. The lowest BCUT2D eigenvalue weighted by molar-refractivity contribution is -0.116. The average molecular weight is 247 g/mol. The van der Waals surface area contributed by atoms with Gasteiger partial charge in [-0.25, -0.2) is 0 Å². The molecule has 0 saturated heterocycles. The van der Waals surface area contributed by atoms with Crippen molar-refractivity contribution < 1.29 is 9.59 Å². The summed E-state index contributed by atoms with van der Waals surface area (Å²) in [4.78, 5) is 18.9. The Kier molecular flexibility index (Phi) is 24.9. The van der Waals surface area contributed by atoms with Gasteiger partial charge >= 0.3 is 0 Å². The van der Waals surface area contributed by atoms with Crippen LogP contribution in [-0.2, 0) is 9.59 Å². The summed E-state index contributed by atoms with van der Waals surface area (Å²) in [5, 5.41) is 0. The van der Waals surface area contributed by atoms with Crippen LogP contribution >= 0.6 is 23.2 Å². The number of carbonyl (C=O) groups is 2. The molecule has 0 fully saturated rings. The first-order valence-corrected chi connectivity index (χ1v) is 4.61. The monoisotopic (exact) mass is 246 g/mol. The Hall–Kier alpha value is -0.560. The zero-order valence-corrected chi connectivity index (χ0v) is 9.22. The molecule has 8 N–H and O–H groups in total. The second-order valence-electron chi connectivity index (χ2n) is 1.78. The molecular weight excluding hydrogens is 231 g/mol. The number of rotatable bonds is 3. The van der Waals surface area contributed by atoms with Crippen molar-refractivity contribution in [2.24, 2.45) is 22.9 Å². The van der Waals surface area contributed by atoms with E-state index < -0.39 is 11.8 Å². The van der Waals surface area contributed by atoms with Gasteiger partial charge in [-0.1, -0.05) is 0 Å². The third-order valence-corrected chi connectivity index (χ3v) is 0.957. The molecule has 0 aromatic carbocycles. The Labute approximate surface area is 92.9 Å². The second kappa shape index (κ2) is 18.3. The lowest BCUT2D eigenvalue weighted by atomic mass is 10.7. The number of amides is 2. The fourth-order valence-corrected chi connectivity index (χ4v) is 0. The number of halogens is 2. The van der Waals surface area contributed by atoms with Gasteiger partial charge in [0.25, 0.3) is 0 Å². The van der Waals surface area contributed by atoms with E-state index in [1.165, 1.54) is 0 Å². The molecule has 0 spiro atoms. The van der Waals surface area contributed by atoms with E-state index in [2.05, 4.69) is 11.5 Å². The van der Waals surface area contributed by atoms with Gasteiger partial charge in [-0.15, -0.1) is 23.2 Å².